The average Bonchev–Trinajstić information content (AvgIpc) is 2.66. The Kier molecular flexibility index (Phi) is 1.65. The van der Waals surface area contributed by atoms with Crippen molar-refractivity contribution in [3.05, 3.63) is 54.6 Å². The number of benzene rings is 2. The van der Waals surface area contributed by atoms with Crippen molar-refractivity contribution in [1.29, 1.82) is 0 Å². The molecular weight excluding hydrogens is 184 g/mol. The SMILES string of the molecule is C=Cc1ccc2oc3ccccc3c2c1. The van der Waals surface area contributed by atoms with Crippen molar-refractivity contribution < 1.29 is 4.42 Å². The molecule has 0 saturated heterocycles. The second kappa shape index (κ2) is 2.99. The molecule has 0 N–H and O–H groups in total. The van der Waals surface area contributed by atoms with E-state index in [1.165, 1.54) is 0 Å². The van der Waals surface area contributed by atoms with Crippen molar-refractivity contribution in [2.24, 2.45) is 0 Å². The first kappa shape index (κ1) is 8.30. The molecule has 0 fully saturated rings. The van der Waals surface area contributed by atoms with Gasteiger partial charge in [0.15, 0.2) is 0 Å². The molecule has 15 heavy (non-hydrogen) atoms. The number of hydrogen-bond acceptors (Lipinski definition) is 1. The second-order valence-corrected chi connectivity index (χ2v) is 3.56. The summed E-state index contributed by atoms with van der Waals surface area (Å²) in [5.74, 6) is 0. The number of hydrogen-bond donors (Lipinski definition) is 0. The van der Waals surface area contributed by atoms with Crippen LogP contribution in [-0.2, 0) is 0 Å². The van der Waals surface area contributed by atoms with Gasteiger partial charge >= 0.3 is 0 Å². The molecule has 72 valence electrons. The third kappa shape index (κ3) is 1.17. The maximum atomic E-state index is 5.72. The molecule has 1 heterocycles. The number of fused-ring (bicyclic) bond motifs is 3. The third-order valence-corrected chi connectivity index (χ3v) is 2.64. The van der Waals surface area contributed by atoms with E-state index in [1.54, 1.807) is 0 Å². The zero-order valence-electron chi connectivity index (χ0n) is 8.23. The molecule has 0 bridgehead atoms. The summed E-state index contributed by atoms with van der Waals surface area (Å²) in [6, 6.07) is 14.2. The average molecular weight is 194 g/mol. The molecule has 0 radical (unpaired) electrons. The van der Waals surface area contributed by atoms with Gasteiger partial charge in [-0.3, -0.25) is 0 Å². The largest absolute Gasteiger partial charge is 0.456 e. The Hall–Kier alpha value is -2.02. The fourth-order valence-electron chi connectivity index (χ4n) is 1.87. The highest BCUT2D eigenvalue weighted by atomic mass is 16.3. The van der Waals surface area contributed by atoms with Gasteiger partial charge in [-0.1, -0.05) is 36.9 Å². The molecule has 1 heteroatoms. The topological polar surface area (TPSA) is 13.1 Å². The number of rotatable bonds is 1. The Morgan fingerprint density at radius 2 is 1.73 bits per heavy atom. The van der Waals surface area contributed by atoms with Crippen molar-refractivity contribution >= 4 is 28.0 Å². The van der Waals surface area contributed by atoms with Crippen LogP contribution >= 0.6 is 0 Å². The van der Waals surface area contributed by atoms with Gasteiger partial charge in [0.2, 0.25) is 0 Å². The molecular formula is C14H10O. The summed E-state index contributed by atoms with van der Waals surface area (Å²) in [5, 5.41) is 2.32. The Morgan fingerprint density at radius 1 is 0.933 bits per heavy atom. The summed E-state index contributed by atoms with van der Waals surface area (Å²) in [4.78, 5) is 0. The van der Waals surface area contributed by atoms with Crippen LogP contribution in [0.3, 0.4) is 0 Å². The van der Waals surface area contributed by atoms with E-state index < -0.39 is 0 Å². The third-order valence-electron chi connectivity index (χ3n) is 2.64. The van der Waals surface area contributed by atoms with Gasteiger partial charge in [0.25, 0.3) is 0 Å². The van der Waals surface area contributed by atoms with E-state index in [4.69, 9.17) is 4.42 Å². The van der Waals surface area contributed by atoms with Gasteiger partial charge in [0.1, 0.15) is 11.2 Å². The minimum atomic E-state index is 0.932. The molecule has 0 atom stereocenters. The quantitative estimate of drug-likeness (QED) is 0.565. The zero-order chi connectivity index (χ0) is 10.3. The van der Waals surface area contributed by atoms with Crippen LogP contribution in [-0.4, -0.2) is 0 Å². The molecule has 1 aromatic heterocycles. The van der Waals surface area contributed by atoms with Gasteiger partial charge in [-0.05, 0) is 23.8 Å². The molecule has 0 spiro atoms. The van der Waals surface area contributed by atoms with Crippen LogP contribution in [0.5, 0.6) is 0 Å². The molecule has 3 rings (SSSR count). The predicted molar refractivity (Wildman–Crippen MR) is 63.8 cm³/mol. The van der Waals surface area contributed by atoms with Crippen LogP contribution in [0, 0.1) is 0 Å². The van der Waals surface area contributed by atoms with Gasteiger partial charge < -0.3 is 4.42 Å². The molecule has 0 unspecified atom stereocenters. The lowest BCUT2D eigenvalue weighted by atomic mass is 10.1. The van der Waals surface area contributed by atoms with Crippen LogP contribution in [0.25, 0.3) is 28.0 Å². The van der Waals surface area contributed by atoms with Crippen molar-refractivity contribution in [3.8, 4) is 0 Å². The normalized spacial score (nSPS) is 10.9. The van der Waals surface area contributed by atoms with E-state index in [1.807, 2.05) is 36.4 Å². The molecule has 0 aliphatic heterocycles. The summed E-state index contributed by atoms with van der Waals surface area (Å²) in [6.07, 6.45) is 1.85. The summed E-state index contributed by atoms with van der Waals surface area (Å²) in [7, 11) is 0. The highest BCUT2D eigenvalue weighted by Gasteiger charge is 2.05. The predicted octanol–water partition coefficient (Wildman–Crippen LogP) is 4.23. The molecule has 0 aliphatic rings. The van der Waals surface area contributed by atoms with Gasteiger partial charge in [-0.2, -0.15) is 0 Å². The lowest BCUT2D eigenvalue weighted by Gasteiger charge is -1.92. The Bertz CT molecular complexity index is 647. The van der Waals surface area contributed by atoms with Crippen molar-refractivity contribution in [2.45, 2.75) is 0 Å². The minimum absolute atomic E-state index is 0.932. The molecule has 3 aromatic rings. The number of para-hydroxylation sites is 1. The van der Waals surface area contributed by atoms with E-state index in [-0.39, 0.29) is 0 Å². The minimum Gasteiger partial charge on any atom is -0.456 e. The second-order valence-electron chi connectivity index (χ2n) is 3.56. The lowest BCUT2D eigenvalue weighted by molar-refractivity contribution is 0.669. The van der Waals surface area contributed by atoms with Crippen LogP contribution < -0.4 is 0 Å². The van der Waals surface area contributed by atoms with Gasteiger partial charge in [-0.15, -0.1) is 0 Å². The highest BCUT2D eigenvalue weighted by molar-refractivity contribution is 6.05. The van der Waals surface area contributed by atoms with E-state index in [0.717, 1.165) is 27.5 Å². The van der Waals surface area contributed by atoms with Gasteiger partial charge in [-0.25, -0.2) is 0 Å². The first-order valence-corrected chi connectivity index (χ1v) is 4.92. The Labute approximate surface area is 87.6 Å². The van der Waals surface area contributed by atoms with Crippen LogP contribution in [0.2, 0.25) is 0 Å². The Balaban J connectivity index is 2.51. The highest BCUT2D eigenvalue weighted by Crippen LogP contribution is 2.29. The van der Waals surface area contributed by atoms with Crippen LogP contribution in [0.1, 0.15) is 5.56 Å². The molecule has 0 aliphatic carbocycles. The van der Waals surface area contributed by atoms with Crippen molar-refractivity contribution in [3.63, 3.8) is 0 Å². The van der Waals surface area contributed by atoms with Gasteiger partial charge in [0.05, 0.1) is 0 Å². The van der Waals surface area contributed by atoms with E-state index in [0.29, 0.717) is 0 Å². The van der Waals surface area contributed by atoms with Crippen LogP contribution in [0.4, 0.5) is 0 Å². The summed E-state index contributed by atoms with van der Waals surface area (Å²) in [6.45, 7) is 3.77. The van der Waals surface area contributed by atoms with Crippen molar-refractivity contribution in [1.82, 2.24) is 0 Å². The monoisotopic (exact) mass is 194 g/mol. The first-order valence-electron chi connectivity index (χ1n) is 4.92. The van der Waals surface area contributed by atoms with E-state index in [2.05, 4.69) is 18.7 Å². The lowest BCUT2D eigenvalue weighted by Crippen LogP contribution is -1.70. The molecule has 2 aromatic carbocycles. The smallest absolute Gasteiger partial charge is 0.135 e. The summed E-state index contributed by atoms with van der Waals surface area (Å²) in [5.41, 5.74) is 2.99. The van der Waals surface area contributed by atoms with E-state index in [9.17, 15) is 0 Å². The van der Waals surface area contributed by atoms with Crippen molar-refractivity contribution in [2.75, 3.05) is 0 Å². The zero-order valence-corrected chi connectivity index (χ0v) is 8.23. The summed E-state index contributed by atoms with van der Waals surface area (Å²) >= 11 is 0. The van der Waals surface area contributed by atoms with E-state index >= 15 is 0 Å². The summed E-state index contributed by atoms with van der Waals surface area (Å²) < 4.78 is 5.72. The molecule has 0 amide bonds. The maximum Gasteiger partial charge on any atom is 0.135 e. The number of furan rings is 1. The maximum absolute atomic E-state index is 5.72. The molecule has 1 nitrogen and oxygen atoms in total. The fraction of sp³-hybridized carbons (Fsp3) is 0. The standard InChI is InChI=1S/C14H10O/c1-2-10-7-8-14-12(9-10)11-5-3-4-6-13(11)15-14/h2-9H,1H2. The fourth-order valence-corrected chi connectivity index (χ4v) is 1.87. The van der Waals surface area contributed by atoms with Gasteiger partial charge in [0, 0.05) is 10.8 Å². The molecule has 0 saturated carbocycles. The first-order chi connectivity index (χ1) is 7.38. The van der Waals surface area contributed by atoms with Crippen LogP contribution in [0.15, 0.2) is 53.5 Å². The Morgan fingerprint density at radius 3 is 2.60 bits per heavy atom.